The summed E-state index contributed by atoms with van der Waals surface area (Å²) in [6, 6.07) is 0. The fourth-order valence-corrected chi connectivity index (χ4v) is 1.77. The van der Waals surface area contributed by atoms with E-state index in [4.69, 9.17) is 5.11 Å². The molecule has 0 aliphatic heterocycles. The van der Waals surface area contributed by atoms with Crippen LogP contribution in [0.15, 0.2) is 9.69 Å². The number of rotatable bonds is 3. The van der Waals surface area contributed by atoms with Crippen LogP contribution in [0, 0.1) is 13.8 Å². The second kappa shape index (κ2) is 4.43. The molecule has 5 heteroatoms. The van der Waals surface area contributed by atoms with Crippen molar-refractivity contribution in [1.82, 2.24) is 9.97 Å². The number of hydrogen-bond acceptors (Lipinski definition) is 4. The van der Waals surface area contributed by atoms with Crippen LogP contribution in [0.3, 0.4) is 0 Å². The van der Waals surface area contributed by atoms with Crippen LogP contribution in [0.1, 0.15) is 11.5 Å². The number of nitrogens with one attached hydrogen (secondary N) is 1. The molecule has 72 valence electrons. The van der Waals surface area contributed by atoms with Crippen LogP contribution in [0.5, 0.6) is 0 Å². The summed E-state index contributed by atoms with van der Waals surface area (Å²) in [5.74, 6) is 1.14. The lowest BCUT2D eigenvalue weighted by Gasteiger charge is -2.02. The molecule has 0 unspecified atom stereocenters. The number of hydrogen-bond donors (Lipinski definition) is 2. The fraction of sp³-hybridized carbons (Fsp3) is 0.500. The van der Waals surface area contributed by atoms with Crippen LogP contribution in [-0.2, 0) is 0 Å². The minimum absolute atomic E-state index is 0.0669. The first-order valence-corrected chi connectivity index (χ1v) is 4.95. The van der Waals surface area contributed by atoms with Gasteiger partial charge in [0.25, 0.3) is 5.56 Å². The van der Waals surface area contributed by atoms with Gasteiger partial charge < -0.3 is 10.1 Å². The van der Waals surface area contributed by atoms with Gasteiger partial charge >= 0.3 is 0 Å². The number of aromatic nitrogens is 2. The Morgan fingerprint density at radius 3 is 2.77 bits per heavy atom. The normalized spacial score (nSPS) is 10.4. The SMILES string of the molecule is Cc1nc(C)c(SCCO)c(=O)[nH]1. The number of nitrogens with zero attached hydrogens (tertiary/aromatic N) is 1. The monoisotopic (exact) mass is 200 g/mol. The lowest BCUT2D eigenvalue weighted by molar-refractivity contribution is 0.322. The van der Waals surface area contributed by atoms with Crippen LogP contribution >= 0.6 is 11.8 Å². The molecule has 0 aliphatic carbocycles. The molecule has 0 saturated carbocycles. The third-order valence-electron chi connectivity index (χ3n) is 1.50. The van der Waals surface area contributed by atoms with Gasteiger partial charge in [-0.2, -0.15) is 0 Å². The summed E-state index contributed by atoms with van der Waals surface area (Å²) in [5, 5.41) is 8.61. The first kappa shape index (κ1) is 10.3. The fourth-order valence-electron chi connectivity index (χ4n) is 1.03. The quantitative estimate of drug-likeness (QED) is 0.696. The zero-order chi connectivity index (χ0) is 9.84. The standard InChI is InChI=1S/C8H12N2O2S/c1-5-7(13-4-3-11)8(12)10-6(2)9-5/h11H,3-4H2,1-2H3,(H,9,10,12). The number of aliphatic hydroxyl groups excluding tert-OH is 1. The van der Waals surface area contributed by atoms with Gasteiger partial charge in [-0.25, -0.2) is 4.98 Å². The topological polar surface area (TPSA) is 66.0 Å². The zero-order valence-electron chi connectivity index (χ0n) is 7.63. The number of H-pyrrole nitrogens is 1. The lowest BCUT2D eigenvalue weighted by atomic mass is 10.4. The average molecular weight is 200 g/mol. The first-order chi connectivity index (χ1) is 6.15. The Bertz CT molecular complexity index is 348. The zero-order valence-corrected chi connectivity index (χ0v) is 8.44. The minimum atomic E-state index is -0.122. The van der Waals surface area contributed by atoms with Crippen LogP contribution in [0.25, 0.3) is 0 Å². The number of aryl methyl sites for hydroxylation is 2. The molecule has 0 radical (unpaired) electrons. The van der Waals surface area contributed by atoms with Crippen molar-refractivity contribution >= 4 is 11.8 Å². The highest BCUT2D eigenvalue weighted by atomic mass is 32.2. The Morgan fingerprint density at radius 1 is 1.54 bits per heavy atom. The third-order valence-corrected chi connectivity index (χ3v) is 2.66. The molecule has 1 heterocycles. The summed E-state index contributed by atoms with van der Waals surface area (Å²) in [6.45, 7) is 3.61. The maximum Gasteiger partial charge on any atom is 0.264 e. The molecule has 2 N–H and O–H groups in total. The molecule has 1 aromatic rings. The molecule has 1 rings (SSSR count). The Hall–Kier alpha value is -0.810. The van der Waals surface area contributed by atoms with Crippen molar-refractivity contribution in [3.8, 4) is 0 Å². The van der Waals surface area contributed by atoms with E-state index in [0.29, 0.717) is 16.5 Å². The van der Waals surface area contributed by atoms with Gasteiger partial charge in [-0.3, -0.25) is 4.79 Å². The van der Waals surface area contributed by atoms with E-state index < -0.39 is 0 Å². The molecule has 0 atom stereocenters. The summed E-state index contributed by atoms with van der Waals surface area (Å²) >= 11 is 1.33. The summed E-state index contributed by atoms with van der Waals surface area (Å²) in [7, 11) is 0. The molecule has 0 fully saturated rings. The minimum Gasteiger partial charge on any atom is -0.396 e. The van der Waals surface area contributed by atoms with Gasteiger partial charge in [-0.1, -0.05) is 0 Å². The van der Waals surface area contributed by atoms with Gasteiger partial charge in [-0.15, -0.1) is 11.8 Å². The van der Waals surface area contributed by atoms with E-state index in [9.17, 15) is 4.79 Å². The van der Waals surface area contributed by atoms with Gasteiger partial charge in [0.1, 0.15) is 5.82 Å². The molecule has 0 spiro atoms. The summed E-state index contributed by atoms with van der Waals surface area (Å²) in [6.07, 6.45) is 0. The maximum atomic E-state index is 11.4. The van der Waals surface area contributed by atoms with E-state index >= 15 is 0 Å². The molecular formula is C8H12N2O2S. The van der Waals surface area contributed by atoms with Crippen molar-refractivity contribution in [2.24, 2.45) is 0 Å². The van der Waals surface area contributed by atoms with E-state index in [1.54, 1.807) is 13.8 Å². The second-order valence-corrected chi connectivity index (χ2v) is 3.74. The molecular weight excluding hydrogens is 188 g/mol. The summed E-state index contributed by atoms with van der Waals surface area (Å²) in [4.78, 5) is 18.7. The maximum absolute atomic E-state index is 11.4. The second-order valence-electron chi connectivity index (χ2n) is 2.64. The Balaban J connectivity index is 2.99. The van der Waals surface area contributed by atoms with E-state index in [1.807, 2.05) is 0 Å². The van der Waals surface area contributed by atoms with Crippen LogP contribution < -0.4 is 5.56 Å². The highest BCUT2D eigenvalue weighted by Crippen LogP contribution is 2.15. The van der Waals surface area contributed by atoms with E-state index in [1.165, 1.54) is 11.8 Å². The predicted octanol–water partition coefficient (Wildman–Crippen LogP) is 0.471. The molecule has 4 nitrogen and oxygen atoms in total. The van der Waals surface area contributed by atoms with Gasteiger partial charge in [0, 0.05) is 5.75 Å². The molecule has 0 saturated heterocycles. The van der Waals surface area contributed by atoms with Crippen molar-refractivity contribution in [3.63, 3.8) is 0 Å². The van der Waals surface area contributed by atoms with Crippen LogP contribution in [0.4, 0.5) is 0 Å². The van der Waals surface area contributed by atoms with Gasteiger partial charge in [-0.05, 0) is 13.8 Å². The van der Waals surface area contributed by atoms with E-state index in [2.05, 4.69) is 9.97 Å². The van der Waals surface area contributed by atoms with E-state index in [-0.39, 0.29) is 12.2 Å². The number of aromatic amines is 1. The van der Waals surface area contributed by atoms with Crippen molar-refractivity contribution in [1.29, 1.82) is 0 Å². The highest BCUT2D eigenvalue weighted by molar-refractivity contribution is 7.99. The molecule has 0 aromatic carbocycles. The van der Waals surface area contributed by atoms with Crippen molar-refractivity contribution in [2.75, 3.05) is 12.4 Å². The van der Waals surface area contributed by atoms with Gasteiger partial charge in [0.15, 0.2) is 0 Å². The van der Waals surface area contributed by atoms with Gasteiger partial charge in [0.05, 0.1) is 17.2 Å². The molecule has 13 heavy (non-hydrogen) atoms. The summed E-state index contributed by atoms with van der Waals surface area (Å²) < 4.78 is 0. The first-order valence-electron chi connectivity index (χ1n) is 3.96. The van der Waals surface area contributed by atoms with Crippen LogP contribution in [-0.4, -0.2) is 27.4 Å². The van der Waals surface area contributed by atoms with Crippen molar-refractivity contribution in [2.45, 2.75) is 18.7 Å². The van der Waals surface area contributed by atoms with Crippen molar-refractivity contribution in [3.05, 3.63) is 21.9 Å². The predicted molar refractivity (Wildman–Crippen MR) is 52.1 cm³/mol. The highest BCUT2D eigenvalue weighted by Gasteiger charge is 2.05. The summed E-state index contributed by atoms with van der Waals surface area (Å²) in [5.41, 5.74) is 0.600. The average Bonchev–Trinajstić information content (AvgIpc) is 2.02. The molecule has 0 aliphatic rings. The third kappa shape index (κ3) is 2.57. The molecule has 1 aromatic heterocycles. The Kier molecular flexibility index (Phi) is 3.50. The van der Waals surface area contributed by atoms with E-state index in [0.717, 1.165) is 5.69 Å². The molecule has 0 bridgehead atoms. The number of thioether (sulfide) groups is 1. The van der Waals surface area contributed by atoms with Gasteiger partial charge in [0.2, 0.25) is 0 Å². The smallest absolute Gasteiger partial charge is 0.264 e. The van der Waals surface area contributed by atoms with Crippen LogP contribution in [0.2, 0.25) is 0 Å². The molecule has 0 amide bonds. The largest absolute Gasteiger partial charge is 0.396 e. The Morgan fingerprint density at radius 2 is 2.23 bits per heavy atom. The number of aliphatic hydroxyl groups is 1. The lowest BCUT2D eigenvalue weighted by Crippen LogP contribution is -2.14. The Labute approximate surface area is 80.4 Å². The van der Waals surface area contributed by atoms with Crippen molar-refractivity contribution < 1.29 is 5.11 Å².